The van der Waals surface area contributed by atoms with E-state index >= 15 is 0 Å². The zero-order valence-corrected chi connectivity index (χ0v) is 34.0. The van der Waals surface area contributed by atoms with Crippen molar-refractivity contribution in [2.24, 2.45) is 0 Å². The van der Waals surface area contributed by atoms with E-state index in [1.54, 1.807) is 0 Å². The maximum Gasteiger partial charge on any atom is 0.377 e. The molecule has 4 rings (SSSR count). The first-order chi connectivity index (χ1) is 28.5. The number of amides is 6. The van der Waals surface area contributed by atoms with E-state index < -0.39 is 90.7 Å². The molecule has 9 atom stereocenters. The topological polar surface area (TPSA) is 294 Å². The Labute approximate surface area is 349 Å². The highest BCUT2D eigenvalue weighted by Crippen LogP contribution is 2.39. The predicted molar refractivity (Wildman–Crippen MR) is 211 cm³/mol. The van der Waals surface area contributed by atoms with Crippen LogP contribution in [0.25, 0.3) is 0 Å². The number of rotatable bonds is 24. The summed E-state index contributed by atoms with van der Waals surface area (Å²) in [7, 11) is 0. The first-order valence-corrected chi connectivity index (χ1v) is 21.0. The van der Waals surface area contributed by atoms with Gasteiger partial charge in [-0.3, -0.25) is 19.2 Å². The summed E-state index contributed by atoms with van der Waals surface area (Å²) < 4.78 is 39.5. The number of aliphatic hydroxyl groups is 4. The third-order valence-corrected chi connectivity index (χ3v) is 11.9. The molecule has 3 aliphatic heterocycles. The normalized spacial score (nSPS) is 25.6. The van der Waals surface area contributed by atoms with Crippen LogP contribution in [0.5, 0.6) is 5.75 Å². The lowest BCUT2D eigenvalue weighted by atomic mass is 9.88. The van der Waals surface area contributed by atoms with Crippen molar-refractivity contribution >= 4 is 53.1 Å². The second-order valence-corrected chi connectivity index (χ2v) is 16.3. The van der Waals surface area contributed by atoms with Gasteiger partial charge < -0.3 is 66.9 Å². The van der Waals surface area contributed by atoms with Gasteiger partial charge in [-0.05, 0) is 43.9 Å². The van der Waals surface area contributed by atoms with Crippen molar-refractivity contribution in [2.75, 3.05) is 30.8 Å². The van der Waals surface area contributed by atoms with Crippen molar-refractivity contribution in [1.82, 2.24) is 26.6 Å². The number of thioether (sulfide) groups is 1. The zero-order valence-electron chi connectivity index (χ0n) is 33.2. The fraction of sp³-hybridized carbons (Fsp3) is 0.684. The molecule has 0 bridgehead atoms. The average Bonchev–Trinajstić information content (AvgIpc) is 3.76. The highest BCUT2D eigenvalue weighted by Gasteiger charge is 2.57. The number of hydrogen-bond donors (Lipinski definition) is 11. The van der Waals surface area contributed by atoms with E-state index in [1.165, 1.54) is 0 Å². The van der Waals surface area contributed by atoms with Gasteiger partial charge >= 0.3 is 17.8 Å². The van der Waals surface area contributed by atoms with Crippen LogP contribution in [0, 0.1) is 0 Å². The predicted octanol–water partition coefficient (Wildman–Crippen LogP) is 0.390. The number of carbonyl (C=O) groups is 6. The lowest BCUT2D eigenvalue weighted by molar-refractivity contribution is -0.284. The number of nitrogens with one attached hydrogen (secondary N) is 6. The molecular formula is C38H56F2N6O13S. The minimum absolute atomic E-state index is 0.00803. The van der Waals surface area contributed by atoms with Crippen LogP contribution >= 0.6 is 11.8 Å². The quantitative estimate of drug-likeness (QED) is 0.0495. The molecular weight excluding hydrogens is 819 g/mol. The maximum absolute atomic E-state index is 14.3. The SMILES string of the molecule is CC(=O)N[C@@H]1C(O)CC(Oc2ccc(NC(=O)CCC(=O)NCCCCCCNC(=O)CCCCC3SCC4NC(=O)NC43)cc2C(F)F)(C(=O)O)OC1[C@H](O)[C@H](O)CO. The number of halogens is 2. The first kappa shape index (κ1) is 48.3. The lowest BCUT2D eigenvalue weighted by Crippen LogP contribution is -2.68. The molecule has 1 aromatic carbocycles. The van der Waals surface area contributed by atoms with Gasteiger partial charge in [0.25, 0.3) is 6.43 Å². The summed E-state index contributed by atoms with van der Waals surface area (Å²) in [5, 5.41) is 67.4. The van der Waals surface area contributed by atoms with E-state index in [0.717, 1.165) is 69.4 Å². The third kappa shape index (κ3) is 13.8. The fourth-order valence-electron chi connectivity index (χ4n) is 7.26. The van der Waals surface area contributed by atoms with E-state index in [2.05, 4.69) is 31.9 Å². The van der Waals surface area contributed by atoms with Crippen LogP contribution in [0.2, 0.25) is 0 Å². The number of aliphatic hydroxyl groups excluding tert-OH is 4. The third-order valence-electron chi connectivity index (χ3n) is 10.4. The molecule has 0 radical (unpaired) electrons. The van der Waals surface area contributed by atoms with Crippen LogP contribution < -0.4 is 36.6 Å². The molecule has 3 aliphatic rings. The highest BCUT2D eigenvalue weighted by atomic mass is 32.2. The van der Waals surface area contributed by atoms with E-state index in [-0.39, 0.29) is 42.6 Å². The Balaban J connectivity index is 1.14. The standard InChI is InChI=1S/C38H56F2N6O13S/c1-20(48)43-32-24(49)17-38(36(55)56,59-34(32)33(54)25(50)18-47)58-26-11-10-21(16-22(26)35(39)40)44-30(53)13-12-29(52)42-15-7-3-2-6-14-41-28(51)9-5-4-8-27-31-23(19-60-27)45-37(57)46-31/h10-11,16,23-25,27,31-35,47,49-50,54H,2-9,12-15,17-19H2,1H3,(H,41,51)(H,42,52)(H,43,48)(H,44,53)(H,55,56)(H2,45,46,57)/t23?,24?,25-,27?,31?,32-,33-,34?,38?/m1/s1. The second kappa shape index (κ2) is 23.0. The number of anilines is 1. The number of aliphatic carboxylic acids is 1. The summed E-state index contributed by atoms with van der Waals surface area (Å²) in [6.07, 6.45) is -6.15. The van der Waals surface area contributed by atoms with Crippen molar-refractivity contribution in [3.8, 4) is 5.75 Å². The molecule has 1 aromatic rings. The highest BCUT2D eigenvalue weighted by molar-refractivity contribution is 8.00. The monoisotopic (exact) mass is 874 g/mol. The van der Waals surface area contributed by atoms with Crippen LogP contribution in [-0.2, 0) is 28.7 Å². The largest absolute Gasteiger partial charge is 0.476 e. The van der Waals surface area contributed by atoms with Gasteiger partial charge in [-0.1, -0.05) is 19.3 Å². The molecule has 6 unspecified atom stereocenters. The number of ether oxygens (including phenoxy) is 2. The molecule has 0 saturated carbocycles. The summed E-state index contributed by atoms with van der Waals surface area (Å²) in [5.41, 5.74) is -1.01. The Hall–Kier alpha value is -4.35. The molecule has 3 heterocycles. The van der Waals surface area contributed by atoms with Gasteiger partial charge in [0.2, 0.25) is 23.6 Å². The molecule has 0 aromatic heterocycles. The number of carbonyl (C=O) groups excluding carboxylic acids is 5. The minimum Gasteiger partial charge on any atom is -0.476 e. The molecule has 336 valence electrons. The van der Waals surface area contributed by atoms with Crippen LogP contribution in [0.4, 0.5) is 19.3 Å². The Morgan fingerprint density at radius 3 is 2.27 bits per heavy atom. The first-order valence-electron chi connectivity index (χ1n) is 20.0. The van der Waals surface area contributed by atoms with E-state index in [4.69, 9.17) is 9.47 Å². The van der Waals surface area contributed by atoms with Gasteiger partial charge in [0.1, 0.15) is 24.1 Å². The lowest BCUT2D eigenvalue weighted by Gasteiger charge is -2.46. The molecule has 60 heavy (non-hydrogen) atoms. The summed E-state index contributed by atoms with van der Waals surface area (Å²) in [6, 6.07) is 1.63. The zero-order chi connectivity index (χ0) is 44.0. The Morgan fingerprint density at radius 1 is 0.967 bits per heavy atom. The van der Waals surface area contributed by atoms with Gasteiger partial charge in [-0.25, -0.2) is 18.4 Å². The number of fused-ring (bicyclic) bond motifs is 1. The Morgan fingerprint density at radius 2 is 1.63 bits per heavy atom. The summed E-state index contributed by atoms with van der Waals surface area (Å²) >= 11 is 1.85. The second-order valence-electron chi connectivity index (χ2n) is 15.1. The Kier molecular flexibility index (Phi) is 18.5. The van der Waals surface area contributed by atoms with Crippen molar-refractivity contribution in [3.05, 3.63) is 23.8 Å². The molecule has 0 aliphatic carbocycles. The van der Waals surface area contributed by atoms with Crippen LogP contribution in [0.1, 0.15) is 89.5 Å². The Bertz CT molecular complexity index is 1670. The molecule has 0 spiro atoms. The van der Waals surface area contributed by atoms with Gasteiger partial charge in [0, 0.05) is 56.0 Å². The fourth-order valence-corrected chi connectivity index (χ4v) is 8.80. The molecule has 22 heteroatoms. The smallest absolute Gasteiger partial charge is 0.377 e. The van der Waals surface area contributed by atoms with E-state index in [1.807, 2.05) is 11.8 Å². The molecule has 19 nitrogen and oxygen atoms in total. The molecule has 11 N–H and O–H groups in total. The minimum atomic E-state index is -3.28. The van der Waals surface area contributed by atoms with E-state index in [9.17, 15) is 63.1 Å². The number of benzene rings is 1. The number of alkyl halides is 2. The van der Waals surface area contributed by atoms with Gasteiger partial charge in [-0.15, -0.1) is 0 Å². The maximum atomic E-state index is 14.3. The number of unbranched alkanes of at least 4 members (excludes halogenated alkanes) is 4. The van der Waals surface area contributed by atoms with Crippen molar-refractivity contribution in [2.45, 2.75) is 138 Å². The number of carboxylic acids is 1. The van der Waals surface area contributed by atoms with Gasteiger partial charge in [0.05, 0.1) is 42.8 Å². The van der Waals surface area contributed by atoms with Gasteiger partial charge in [-0.2, -0.15) is 11.8 Å². The number of urea groups is 1. The van der Waals surface area contributed by atoms with Gasteiger partial charge in [0.15, 0.2) is 0 Å². The summed E-state index contributed by atoms with van der Waals surface area (Å²) in [5.74, 6) is -6.44. The average molecular weight is 875 g/mol. The summed E-state index contributed by atoms with van der Waals surface area (Å²) in [4.78, 5) is 72.8. The van der Waals surface area contributed by atoms with E-state index in [0.29, 0.717) is 31.2 Å². The van der Waals surface area contributed by atoms with Crippen molar-refractivity contribution < 1.29 is 72.6 Å². The van der Waals surface area contributed by atoms with Crippen molar-refractivity contribution in [1.29, 1.82) is 0 Å². The molecule has 3 fully saturated rings. The van der Waals surface area contributed by atoms with Crippen LogP contribution in [0.15, 0.2) is 18.2 Å². The molecule has 6 amide bonds. The van der Waals surface area contributed by atoms with Crippen molar-refractivity contribution in [3.63, 3.8) is 0 Å². The van der Waals surface area contributed by atoms with Crippen LogP contribution in [-0.4, -0.2) is 140 Å². The molecule has 3 saturated heterocycles. The van der Waals surface area contributed by atoms with Crippen LogP contribution in [0.3, 0.4) is 0 Å². The summed E-state index contributed by atoms with van der Waals surface area (Å²) in [6.45, 7) is 0.971. The number of carboxylic acid groups (broad SMARTS) is 1. The number of hydrogen-bond acceptors (Lipinski definition) is 13.